The maximum Gasteiger partial charge on any atom is 0.173 e. The Hall–Kier alpha value is -4.27. The number of imidazole rings is 1. The number of hydrogen-bond donors (Lipinski definition) is 0. The van der Waals surface area contributed by atoms with Crippen molar-refractivity contribution >= 4 is 61.4 Å². The molecular formula is C30H20N3OP. The quantitative estimate of drug-likeness (QED) is 0.242. The van der Waals surface area contributed by atoms with Crippen molar-refractivity contribution in [1.82, 2.24) is 14.4 Å². The molecule has 0 bridgehead atoms. The lowest BCUT2D eigenvalue weighted by Crippen LogP contribution is -2.26. The zero-order valence-corrected chi connectivity index (χ0v) is 19.6. The van der Waals surface area contributed by atoms with Gasteiger partial charge in [-0.15, -0.1) is 0 Å². The van der Waals surface area contributed by atoms with Gasteiger partial charge in [0.2, 0.25) is 0 Å². The first-order chi connectivity index (χ1) is 17.3. The van der Waals surface area contributed by atoms with Gasteiger partial charge < -0.3 is 4.57 Å². The summed E-state index contributed by atoms with van der Waals surface area (Å²) in [6, 6.07) is 36.1. The molecule has 4 nitrogen and oxygen atoms in total. The lowest BCUT2D eigenvalue weighted by Gasteiger charge is -2.22. The van der Waals surface area contributed by atoms with E-state index < -0.39 is 7.14 Å². The molecule has 3 heterocycles. The predicted octanol–water partition coefficient (Wildman–Crippen LogP) is 5.83. The summed E-state index contributed by atoms with van der Waals surface area (Å²) in [6.45, 7) is 0. The highest BCUT2D eigenvalue weighted by Gasteiger charge is 2.33. The van der Waals surface area contributed by atoms with Crippen molar-refractivity contribution in [2.45, 2.75) is 0 Å². The number of para-hydroxylation sites is 3. The van der Waals surface area contributed by atoms with E-state index in [-0.39, 0.29) is 0 Å². The number of nitrogens with zero attached hydrogens (tertiary/aromatic N) is 3. The van der Waals surface area contributed by atoms with Crippen LogP contribution in [0, 0.1) is 0 Å². The fourth-order valence-corrected chi connectivity index (χ4v) is 8.00. The summed E-state index contributed by atoms with van der Waals surface area (Å²) in [4.78, 5) is 9.42. The second kappa shape index (κ2) is 7.63. The third-order valence-corrected chi connectivity index (χ3v) is 9.80. The van der Waals surface area contributed by atoms with E-state index in [9.17, 15) is 0 Å². The Morgan fingerprint density at radius 1 is 0.629 bits per heavy atom. The minimum atomic E-state index is -3.26. The van der Waals surface area contributed by atoms with E-state index in [0.717, 1.165) is 49.0 Å². The van der Waals surface area contributed by atoms with Crippen LogP contribution in [0.4, 0.5) is 0 Å². The molecule has 0 radical (unpaired) electrons. The maximum atomic E-state index is 15.3. The Labute approximate surface area is 201 Å². The Balaban J connectivity index is 1.74. The van der Waals surface area contributed by atoms with Crippen LogP contribution in [0.1, 0.15) is 0 Å². The van der Waals surface area contributed by atoms with Crippen LogP contribution in [0.5, 0.6) is 0 Å². The van der Waals surface area contributed by atoms with Gasteiger partial charge in [0.15, 0.2) is 7.14 Å². The minimum absolute atomic E-state index is 0.709. The third kappa shape index (κ3) is 2.84. The van der Waals surface area contributed by atoms with Gasteiger partial charge in [0.05, 0.1) is 16.6 Å². The van der Waals surface area contributed by atoms with Crippen LogP contribution in [0.15, 0.2) is 122 Å². The lowest BCUT2D eigenvalue weighted by molar-refractivity contribution is 0.592. The molecule has 7 rings (SSSR count). The number of fused-ring (bicyclic) bond motifs is 8. The van der Waals surface area contributed by atoms with Gasteiger partial charge in [-0.25, -0.2) is 4.98 Å². The molecule has 4 aromatic carbocycles. The first-order valence-electron chi connectivity index (χ1n) is 11.5. The molecule has 0 fully saturated rings. The Morgan fingerprint density at radius 3 is 2.17 bits per heavy atom. The molecule has 0 aliphatic rings. The van der Waals surface area contributed by atoms with Gasteiger partial charge in [-0.1, -0.05) is 78.9 Å². The highest BCUT2D eigenvalue weighted by molar-refractivity contribution is 7.85. The molecule has 5 heteroatoms. The van der Waals surface area contributed by atoms with Gasteiger partial charge in [-0.2, -0.15) is 0 Å². The molecule has 0 amide bonds. The summed E-state index contributed by atoms with van der Waals surface area (Å²) >= 11 is 0. The van der Waals surface area contributed by atoms with Crippen LogP contribution in [0.2, 0.25) is 0 Å². The molecule has 0 N–H and O–H groups in total. The van der Waals surface area contributed by atoms with Crippen molar-refractivity contribution in [2.24, 2.45) is 0 Å². The molecule has 1 unspecified atom stereocenters. The van der Waals surface area contributed by atoms with E-state index in [1.54, 1.807) is 12.4 Å². The maximum absolute atomic E-state index is 15.3. The molecule has 7 aromatic rings. The monoisotopic (exact) mass is 469 g/mol. The minimum Gasteiger partial charge on any atom is -0.309 e. The van der Waals surface area contributed by atoms with Crippen LogP contribution < -0.4 is 15.9 Å². The number of pyridine rings is 2. The fourth-order valence-electron chi connectivity index (χ4n) is 5.20. The van der Waals surface area contributed by atoms with Crippen molar-refractivity contribution in [3.8, 4) is 0 Å². The van der Waals surface area contributed by atoms with Crippen LogP contribution in [0.3, 0.4) is 0 Å². The van der Waals surface area contributed by atoms with Crippen molar-refractivity contribution in [2.75, 3.05) is 0 Å². The number of aromatic nitrogens is 3. The largest absolute Gasteiger partial charge is 0.309 e. The third-order valence-electron chi connectivity index (χ3n) is 6.73. The van der Waals surface area contributed by atoms with Crippen LogP contribution >= 0.6 is 7.14 Å². The molecule has 3 aromatic heterocycles. The molecule has 0 saturated heterocycles. The topological polar surface area (TPSA) is 47.3 Å². The average molecular weight is 469 g/mol. The highest BCUT2D eigenvalue weighted by Crippen LogP contribution is 2.46. The van der Waals surface area contributed by atoms with Crippen molar-refractivity contribution < 1.29 is 4.57 Å². The molecular weight excluding hydrogens is 449 g/mol. The molecule has 166 valence electrons. The first kappa shape index (κ1) is 20.1. The summed E-state index contributed by atoms with van der Waals surface area (Å²) in [7, 11) is -3.26. The second-order valence-electron chi connectivity index (χ2n) is 8.63. The van der Waals surface area contributed by atoms with Crippen molar-refractivity contribution in [1.29, 1.82) is 0 Å². The predicted molar refractivity (Wildman–Crippen MR) is 145 cm³/mol. The SMILES string of the molecule is O=P(c1ccccc1)(c1cccnc1)c1cccc2c3ccccc3n3c4ccccc4nc3c12. The summed E-state index contributed by atoms with van der Waals surface area (Å²) in [6.07, 6.45) is 3.45. The molecule has 0 spiro atoms. The Morgan fingerprint density at radius 2 is 1.34 bits per heavy atom. The Bertz CT molecular complexity index is 1880. The first-order valence-corrected chi connectivity index (χ1v) is 13.2. The van der Waals surface area contributed by atoms with Crippen LogP contribution in [-0.4, -0.2) is 14.4 Å². The van der Waals surface area contributed by atoms with E-state index in [1.807, 2.05) is 72.8 Å². The van der Waals surface area contributed by atoms with Gasteiger partial charge in [-0.3, -0.25) is 9.38 Å². The van der Waals surface area contributed by atoms with Gasteiger partial charge in [0, 0.05) is 39.1 Å². The van der Waals surface area contributed by atoms with Gasteiger partial charge in [0.1, 0.15) is 5.65 Å². The Kier molecular flexibility index (Phi) is 4.39. The van der Waals surface area contributed by atoms with E-state index in [1.165, 1.54) is 0 Å². The van der Waals surface area contributed by atoms with Crippen molar-refractivity contribution in [3.63, 3.8) is 0 Å². The summed E-state index contributed by atoms with van der Waals surface area (Å²) in [5.74, 6) is 0. The van der Waals surface area contributed by atoms with Crippen molar-refractivity contribution in [3.05, 3.63) is 122 Å². The van der Waals surface area contributed by atoms with E-state index >= 15 is 4.57 Å². The molecule has 1 atom stereocenters. The average Bonchev–Trinajstić information content (AvgIpc) is 3.33. The highest BCUT2D eigenvalue weighted by atomic mass is 31.2. The zero-order valence-electron chi connectivity index (χ0n) is 18.7. The summed E-state index contributed by atoms with van der Waals surface area (Å²) in [5, 5.41) is 5.33. The van der Waals surface area contributed by atoms with Gasteiger partial charge in [0.25, 0.3) is 0 Å². The fraction of sp³-hybridized carbons (Fsp3) is 0. The molecule has 0 aliphatic carbocycles. The number of hydrogen-bond acceptors (Lipinski definition) is 3. The van der Waals surface area contributed by atoms with E-state index in [0.29, 0.717) is 5.30 Å². The normalized spacial score (nSPS) is 13.5. The molecule has 0 saturated carbocycles. The molecule has 35 heavy (non-hydrogen) atoms. The lowest BCUT2D eigenvalue weighted by atomic mass is 10.1. The molecule has 0 aliphatic heterocycles. The van der Waals surface area contributed by atoms with E-state index in [2.05, 4.69) is 45.8 Å². The standard InChI is InChI=1S/C30H20N3OP/c34-35(21-10-2-1-3-11-21,22-12-9-19-31-20-22)28-18-8-14-24-23-13-4-6-16-26(23)33-27-17-7-5-15-25(27)32-30(33)29(24)28/h1-20H. The number of rotatable bonds is 3. The summed E-state index contributed by atoms with van der Waals surface area (Å²) in [5.41, 5.74) is 3.84. The second-order valence-corrected chi connectivity index (χ2v) is 11.4. The van der Waals surface area contributed by atoms with Gasteiger partial charge in [-0.05, 0) is 35.7 Å². The van der Waals surface area contributed by atoms with Crippen LogP contribution in [0.25, 0.3) is 38.4 Å². The number of benzene rings is 4. The van der Waals surface area contributed by atoms with Gasteiger partial charge >= 0.3 is 0 Å². The zero-order chi connectivity index (χ0) is 23.4. The van der Waals surface area contributed by atoms with Crippen LogP contribution in [-0.2, 0) is 4.57 Å². The summed E-state index contributed by atoms with van der Waals surface area (Å²) < 4.78 is 17.6. The van der Waals surface area contributed by atoms with E-state index in [4.69, 9.17) is 4.98 Å². The smallest absolute Gasteiger partial charge is 0.173 e.